The number of methoxy groups -OCH3 is 1. The summed E-state index contributed by atoms with van der Waals surface area (Å²) in [5, 5.41) is 0. The molecule has 1 heterocycles. The minimum atomic E-state index is -3.60. The van der Waals surface area contributed by atoms with Crippen LogP contribution >= 0.6 is 0 Å². The minimum absolute atomic E-state index is 0.000147. The number of carbonyl (C=O) groups is 1. The predicted octanol–water partition coefficient (Wildman–Crippen LogP) is 1.95. The molecule has 0 aromatic heterocycles. The highest BCUT2D eigenvalue weighted by Gasteiger charge is 2.44. The first-order chi connectivity index (χ1) is 11.4. The van der Waals surface area contributed by atoms with Crippen molar-refractivity contribution < 1.29 is 27.1 Å². The Morgan fingerprint density at radius 2 is 2.08 bits per heavy atom. The number of sulfonamides is 1. The lowest BCUT2D eigenvalue weighted by atomic mass is 10.2. The number of ether oxygens (including phenoxy) is 2. The molecular formula is C16H22FNO5S. The number of esters is 1. The number of benzene rings is 1. The van der Waals surface area contributed by atoms with Crippen LogP contribution in [-0.4, -0.2) is 50.2 Å². The summed E-state index contributed by atoms with van der Waals surface area (Å²) in [5.74, 6) is -1.16. The Balaban J connectivity index is 2.18. The molecular weight excluding hydrogens is 337 g/mol. The van der Waals surface area contributed by atoms with E-state index >= 15 is 0 Å². The molecule has 0 bridgehead atoms. The molecule has 0 N–H and O–H groups in total. The highest BCUT2D eigenvalue weighted by molar-refractivity contribution is 7.89. The third-order valence-corrected chi connectivity index (χ3v) is 5.86. The Morgan fingerprint density at radius 3 is 2.71 bits per heavy atom. The fourth-order valence-corrected chi connectivity index (χ4v) is 4.52. The normalized spacial score (nSPS) is 21.6. The Morgan fingerprint density at radius 1 is 1.38 bits per heavy atom. The van der Waals surface area contributed by atoms with E-state index in [-0.39, 0.29) is 24.5 Å². The molecule has 2 unspecified atom stereocenters. The largest absolute Gasteiger partial charge is 0.486 e. The number of unbranched alkanes of at least 4 members (excludes halogenated alkanes) is 1. The quantitative estimate of drug-likeness (QED) is 0.696. The average molecular weight is 359 g/mol. The Kier molecular flexibility index (Phi) is 6.17. The van der Waals surface area contributed by atoms with Gasteiger partial charge in [0.1, 0.15) is 12.1 Å². The lowest BCUT2D eigenvalue weighted by molar-refractivity contribution is -0.144. The van der Waals surface area contributed by atoms with Gasteiger partial charge >= 0.3 is 5.97 Å². The van der Waals surface area contributed by atoms with Crippen molar-refractivity contribution in [3.05, 3.63) is 30.1 Å². The van der Waals surface area contributed by atoms with Gasteiger partial charge in [0, 0.05) is 6.42 Å². The van der Waals surface area contributed by atoms with Gasteiger partial charge in [0.05, 0.1) is 19.4 Å². The average Bonchev–Trinajstić information content (AvgIpc) is 2.99. The van der Waals surface area contributed by atoms with E-state index in [0.717, 1.165) is 10.7 Å². The van der Waals surface area contributed by atoms with Crippen LogP contribution in [0.5, 0.6) is 5.75 Å². The molecule has 24 heavy (non-hydrogen) atoms. The molecule has 134 valence electrons. The number of para-hydroxylation sites is 1. The number of carbonyl (C=O) groups excluding carboxylic acids is 1. The van der Waals surface area contributed by atoms with Crippen LogP contribution in [0.25, 0.3) is 0 Å². The SMILES string of the molecule is CCCCS(=O)(=O)N1CC(Oc2ccccc2F)CC1C(=O)OC. The van der Waals surface area contributed by atoms with E-state index in [1.54, 1.807) is 6.07 Å². The third kappa shape index (κ3) is 4.24. The van der Waals surface area contributed by atoms with Crippen molar-refractivity contribution in [3.63, 3.8) is 0 Å². The van der Waals surface area contributed by atoms with E-state index in [1.807, 2.05) is 6.92 Å². The van der Waals surface area contributed by atoms with Crippen molar-refractivity contribution in [3.8, 4) is 5.75 Å². The summed E-state index contributed by atoms with van der Waals surface area (Å²) in [4.78, 5) is 12.0. The van der Waals surface area contributed by atoms with Crippen molar-refractivity contribution in [1.29, 1.82) is 0 Å². The standard InChI is InChI=1S/C16H22FNO5S/c1-3-4-9-24(20,21)18-11-12(10-14(18)16(19)22-2)23-15-8-6-5-7-13(15)17/h5-8,12,14H,3-4,9-11H2,1-2H3. The van der Waals surface area contributed by atoms with Gasteiger partial charge in [-0.3, -0.25) is 4.79 Å². The Bertz CT molecular complexity index is 679. The van der Waals surface area contributed by atoms with Crippen LogP contribution < -0.4 is 4.74 Å². The van der Waals surface area contributed by atoms with E-state index in [1.165, 1.54) is 25.3 Å². The second-order valence-electron chi connectivity index (χ2n) is 5.68. The molecule has 0 aliphatic carbocycles. The zero-order valence-corrected chi connectivity index (χ0v) is 14.6. The summed E-state index contributed by atoms with van der Waals surface area (Å²) in [6.45, 7) is 1.89. The highest BCUT2D eigenvalue weighted by atomic mass is 32.2. The fraction of sp³-hybridized carbons (Fsp3) is 0.562. The van der Waals surface area contributed by atoms with E-state index in [0.29, 0.717) is 6.42 Å². The van der Waals surface area contributed by atoms with Gasteiger partial charge < -0.3 is 9.47 Å². The van der Waals surface area contributed by atoms with Crippen LogP contribution in [0.4, 0.5) is 4.39 Å². The molecule has 0 amide bonds. The molecule has 2 rings (SSSR count). The predicted molar refractivity (Wildman–Crippen MR) is 86.6 cm³/mol. The Hall–Kier alpha value is -1.67. The molecule has 1 aliphatic rings. The van der Waals surface area contributed by atoms with Crippen molar-refractivity contribution in [2.45, 2.75) is 38.3 Å². The number of hydrogen-bond acceptors (Lipinski definition) is 5. The maximum absolute atomic E-state index is 13.7. The van der Waals surface area contributed by atoms with Crippen molar-refractivity contribution in [2.75, 3.05) is 19.4 Å². The molecule has 6 nitrogen and oxygen atoms in total. The topological polar surface area (TPSA) is 72.9 Å². The fourth-order valence-electron chi connectivity index (χ4n) is 2.68. The van der Waals surface area contributed by atoms with E-state index in [9.17, 15) is 17.6 Å². The minimum Gasteiger partial charge on any atom is -0.486 e. The smallest absolute Gasteiger partial charge is 0.324 e. The third-order valence-electron chi connectivity index (χ3n) is 3.93. The number of nitrogens with zero attached hydrogens (tertiary/aromatic N) is 1. The molecule has 1 aromatic rings. The monoisotopic (exact) mass is 359 g/mol. The maximum Gasteiger partial charge on any atom is 0.324 e. The second kappa shape index (κ2) is 7.94. The van der Waals surface area contributed by atoms with Gasteiger partial charge in [0.2, 0.25) is 10.0 Å². The number of rotatable bonds is 7. The van der Waals surface area contributed by atoms with E-state index < -0.39 is 34.0 Å². The van der Waals surface area contributed by atoms with Crippen LogP contribution in [-0.2, 0) is 19.6 Å². The molecule has 1 aromatic carbocycles. The summed E-state index contributed by atoms with van der Waals surface area (Å²) in [7, 11) is -2.39. The van der Waals surface area contributed by atoms with E-state index in [2.05, 4.69) is 0 Å². The molecule has 0 radical (unpaired) electrons. The molecule has 0 spiro atoms. The van der Waals surface area contributed by atoms with Gasteiger partial charge in [-0.2, -0.15) is 4.31 Å². The summed E-state index contributed by atoms with van der Waals surface area (Å²) in [6.07, 6.45) is 0.755. The molecule has 8 heteroatoms. The van der Waals surface area contributed by atoms with Crippen molar-refractivity contribution >= 4 is 16.0 Å². The molecule has 0 saturated carbocycles. The molecule has 1 saturated heterocycles. The summed E-state index contributed by atoms with van der Waals surface area (Å²) in [6, 6.07) is 4.96. The zero-order valence-electron chi connectivity index (χ0n) is 13.8. The van der Waals surface area contributed by atoms with Gasteiger partial charge in [-0.1, -0.05) is 25.5 Å². The first kappa shape index (κ1) is 18.7. The molecule has 1 aliphatic heterocycles. The highest BCUT2D eigenvalue weighted by Crippen LogP contribution is 2.28. The van der Waals surface area contributed by atoms with Crippen molar-refractivity contribution in [1.82, 2.24) is 4.31 Å². The van der Waals surface area contributed by atoms with Gasteiger partial charge in [-0.15, -0.1) is 0 Å². The lowest BCUT2D eigenvalue weighted by Gasteiger charge is -2.21. The number of halogens is 1. The lowest BCUT2D eigenvalue weighted by Crippen LogP contribution is -2.42. The summed E-state index contributed by atoms with van der Waals surface area (Å²) in [5.41, 5.74) is 0. The molecule has 1 fully saturated rings. The van der Waals surface area contributed by atoms with Crippen molar-refractivity contribution in [2.24, 2.45) is 0 Å². The van der Waals surface area contributed by atoms with Crippen LogP contribution in [0.1, 0.15) is 26.2 Å². The van der Waals surface area contributed by atoms with Gasteiger partial charge in [0.15, 0.2) is 11.6 Å². The van der Waals surface area contributed by atoms with Gasteiger partial charge in [-0.05, 0) is 18.6 Å². The molecule has 2 atom stereocenters. The van der Waals surface area contributed by atoms with Crippen LogP contribution in [0.15, 0.2) is 24.3 Å². The maximum atomic E-state index is 13.7. The second-order valence-corrected chi connectivity index (χ2v) is 7.73. The first-order valence-electron chi connectivity index (χ1n) is 7.87. The number of hydrogen-bond donors (Lipinski definition) is 0. The van der Waals surface area contributed by atoms with Gasteiger partial charge in [0.25, 0.3) is 0 Å². The summed E-state index contributed by atoms with van der Waals surface area (Å²) >= 11 is 0. The first-order valence-corrected chi connectivity index (χ1v) is 9.48. The van der Waals surface area contributed by atoms with Crippen LogP contribution in [0, 0.1) is 5.82 Å². The van der Waals surface area contributed by atoms with Crippen LogP contribution in [0.2, 0.25) is 0 Å². The summed E-state index contributed by atoms with van der Waals surface area (Å²) < 4.78 is 50.1. The zero-order chi connectivity index (χ0) is 17.7. The van der Waals surface area contributed by atoms with Gasteiger partial charge in [-0.25, -0.2) is 12.8 Å². The van der Waals surface area contributed by atoms with E-state index in [4.69, 9.17) is 9.47 Å². The Labute approximate surface area is 141 Å². The van der Waals surface area contributed by atoms with Crippen LogP contribution in [0.3, 0.4) is 0 Å².